The summed E-state index contributed by atoms with van der Waals surface area (Å²) < 4.78 is 17.4. The van der Waals surface area contributed by atoms with Crippen LogP contribution in [-0.2, 0) is 26.1 Å². The number of rotatable bonds is 8. The van der Waals surface area contributed by atoms with Crippen LogP contribution >= 0.6 is 0 Å². The van der Waals surface area contributed by atoms with Gasteiger partial charge >= 0.3 is 8.80 Å². The lowest BCUT2D eigenvalue weighted by molar-refractivity contribution is 0.0845. The largest absolute Gasteiger partial charge is 0.529 e. The van der Waals surface area contributed by atoms with Gasteiger partial charge < -0.3 is 13.3 Å². The van der Waals surface area contributed by atoms with E-state index < -0.39 is 8.80 Å². The lowest BCUT2D eigenvalue weighted by atomic mass is 9.87. The molecular formula is C16H24O3Si. The van der Waals surface area contributed by atoms with E-state index in [0.717, 1.165) is 0 Å². The van der Waals surface area contributed by atoms with Gasteiger partial charge in [0.05, 0.1) is 0 Å². The van der Waals surface area contributed by atoms with Crippen LogP contribution in [0, 0.1) is 0 Å². The molecule has 1 aromatic carbocycles. The van der Waals surface area contributed by atoms with Gasteiger partial charge in [0, 0.05) is 19.8 Å². The van der Waals surface area contributed by atoms with Crippen molar-refractivity contribution in [3.05, 3.63) is 40.6 Å². The van der Waals surface area contributed by atoms with Gasteiger partial charge in [0.15, 0.2) is 0 Å². The van der Waals surface area contributed by atoms with Gasteiger partial charge in [-0.2, -0.15) is 0 Å². The molecular weight excluding hydrogens is 268 g/mol. The molecule has 0 aromatic heterocycles. The third-order valence-electron chi connectivity index (χ3n) is 3.41. The molecule has 0 saturated heterocycles. The molecule has 0 bridgehead atoms. The first kappa shape index (κ1) is 15.4. The fraction of sp³-hybridized carbons (Fsp3) is 0.500. The maximum atomic E-state index is 5.81. The maximum Gasteiger partial charge on any atom is 0.529 e. The van der Waals surface area contributed by atoms with Crippen molar-refractivity contribution < 1.29 is 13.3 Å². The van der Waals surface area contributed by atoms with Gasteiger partial charge in [0.1, 0.15) is 0 Å². The van der Waals surface area contributed by atoms with Gasteiger partial charge in [-0.15, -0.1) is 0 Å². The smallest absolute Gasteiger partial charge is 0.371 e. The van der Waals surface area contributed by atoms with Gasteiger partial charge in [-0.1, -0.05) is 24.3 Å². The van der Waals surface area contributed by atoms with E-state index in [1.165, 1.54) is 29.5 Å². The van der Waals surface area contributed by atoms with E-state index in [-0.39, 0.29) is 0 Å². The highest BCUT2D eigenvalue weighted by Crippen LogP contribution is 2.24. The van der Waals surface area contributed by atoms with Gasteiger partial charge in [0.25, 0.3) is 0 Å². The Hall–Kier alpha value is -0.943. The van der Waals surface area contributed by atoms with Crippen molar-refractivity contribution in [1.29, 1.82) is 0 Å². The van der Waals surface area contributed by atoms with E-state index in [4.69, 9.17) is 13.3 Å². The molecule has 0 amide bonds. The van der Waals surface area contributed by atoms with Crippen LogP contribution in [-0.4, -0.2) is 28.6 Å². The summed E-state index contributed by atoms with van der Waals surface area (Å²) >= 11 is 0. The van der Waals surface area contributed by atoms with Crippen molar-refractivity contribution in [3.8, 4) is 0 Å². The van der Waals surface area contributed by atoms with Crippen molar-refractivity contribution in [2.45, 2.75) is 33.6 Å². The highest BCUT2D eigenvalue weighted by molar-refractivity contribution is 6.67. The van der Waals surface area contributed by atoms with E-state index in [9.17, 15) is 0 Å². The molecule has 0 radical (unpaired) electrons. The molecule has 0 saturated carbocycles. The first-order chi connectivity index (χ1) is 9.73. The van der Waals surface area contributed by atoms with Gasteiger partial charge in [-0.25, -0.2) is 0 Å². The normalized spacial score (nSPS) is 14.3. The molecule has 2 rings (SSSR count). The zero-order valence-corrected chi connectivity index (χ0v) is 13.6. The zero-order valence-electron chi connectivity index (χ0n) is 12.6. The Bertz CT molecular complexity index is 454. The zero-order chi connectivity index (χ0) is 14.4. The SMILES string of the molecule is CCO[Si](/C=C\c1ccc2c(c1)CC2)(OCC)OCC. The first-order valence-electron chi connectivity index (χ1n) is 7.46. The standard InChI is InChI=1S/C16H24O3Si/c1-4-17-20(18-5-2,19-6-3)12-11-14-7-8-15-9-10-16(15)13-14/h7-8,11-13H,4-6,9-10H2,1-3H3/b12-11-. The van der Waals surface area contributed by atoms with E-state index >= 15 is 0 Å². The average molecular weight is 292 g/mol. The Balaban J connectivity index is 2.15. The topological polar surface area (TPSA) is 27.7 Å². The molecule has 0 fully saturated rings. The van der Waals surface area contributed by atoms with E-state index in [2.05, 4.69) is 24.3 Å². The number of hydrogen-bond acceptors (Lipinski definition) is 3. The van der Waals surface area contributed by atoms with Gasteiger partial charge in [-0.05, 0) is 56.0 Å². The minimum atomic E-state index is -2.67. The summed E-state index contributed by atoms with van der Waals surface area (Å²) in [4.78, 5) is 0. The van der Waals surface area contributed by atoms with Crippen LogP contribution in [0.25, 0.3) is 6.08 Å². The number of benzene rings is 1. The molecule has 110 valence electrons. The fourth-order valence-corrected chi connectivity index (χ4v) is 4.53. The van der Waals surface area contributed by atoms with E-state index in [1.54, 1.807) is 0 Å². The summed E-state index contributed by atoms with van der Waals surface area (Å²) in [5, 5.41) is 0. The van der Waals surface area contributed by atoms with Gasteiger partial charge in [0.2, 0.25) is 0 Å². The van der Waals surface area contributed by atoms with Crippen LogP contribution in [0.1, 0.15) is 37.5 Å². The summed E-state index contributed by atoms with van der Waals surface area (Å²) in [6.45, 7) is 7.71. The van der Waals surface area contributed by atoms with Crippen molar-refractivity contribution in [3.63, 3.8) is 0 Å². The molecule has 20 heavy (non-hydrogen) atoms. The van der Waals surface area contributed by atoms with Crippen LogP contribution in [0.3, 0.4) is 0 Å². The minimum absolute atomic E-state index is 0.598. The quantitative estimate of drug-likeness (QED) is 0.687. The second kappa shape index (κ2) is 7.18. The molecule has 0 spiro atoms. The molecule has 3 nitrogen and oxygen atoms in total. The predicted octanol–water partition coefficient (Wildman–Crippen LogP) is 3.39. The van der Waals surface area contributed by atoms with Crippen molar-refractivity contribution >= 4 is 14.9 Å². The number of aryl methyl sites for hydroxylation is 2. The maximum absolute atomic E-state index is 5.81. The summed E-state index contributed by atoms with van der Waals surface area (Å²) in [6.07, 6.45) is 4.49. The highest BCUT2D eigenvalue weighted by atomic mass is 28.4. The second-order valence-corrected chi connectivity index (χ2v) is 7.17. The van der Waals surface area contributed by atoms with E-state index in [1.807, 2.05) is 26.5 Å². The van der Waals surface area contributed by atoms with Crippen LogP contribution in [0.5, 0.6) is 0 Å². The van der Waals surface area contributed by atoms with E-state index in [0.29, 0.717) is 19.8 Å². The fourth-order valence-electron chi connectivity index (χ4n) is 2.39. The predicted molar refractivity (Wildman–Crippen MR) is 83.5 cm³/mol. The number of hydrogen-bond donors (Lipinski definition) is 0. The summed E-state index contributed by atoms with van der Waals surface area (Å²) in [5.74, 6) is 0. The molecule has 0 atom stereocenters. The molecule has 0 unspecified atom stereocenters. The Kier molecular flexibility index (Phi) is 5.54. The molecule has 0 N–H and O–H groups in total. The molecule has 0 aliphatic heterocycles. The van der Waals surface area contributed by atoms with Crippen LogP contribution in [0.2, 0.25) is 0 Å². The Morgan fingerprint density at radius 2 is 1.55 bits per heavy atom. The molecule has 4 heteroatoms. The third kappa shape index (κ3) is 3.58. The molecule has 1 aliphatic rings. The molecule has 1 aliphatic carbocycles. The average Bonchev–Trinajstić information content (AvgIpc) is 2.40. The Labute approximate surface area is 122 Å². The molecule has 1 aromatic rings. The third-order valence-corrected chi connectivity index (χ3v) is 6.06. The summed E-state index contributed by atoms with van der Waals surface area (Å²) in [7, 11) is -2.67. The lowest BCUT2D eigenvalue weighted by Crippen LogP contribution is -2.44. The Morgan fingerprint density at radius 3 is 2.00 bits per heavy atom. The van der Waals surface area contributed by atoms with Crippen molar-refractivity contribution in [2.75, 3.05) is 19.8 Å². The summed E-state index contributed by atoms with van der Waals surface area (Å²) in [5.41, 5.74) is 6.14. The number of fused-ring (bicyclic) bond motifs is 1. The first-order valence-corrected chi connectivity index (χ1v) is 9.26. The second-order valence-electron chi connectivity index (χ2n) is 4.76. The van der Waals surface area contributed by atoms with Crippen LogP contribution in [0.15, 0.2) is 23.9 Å². The molecule has 0 heterocycles. The lowest BCUT2D eigenvalue weighted by Gasteiger charge is -2.25. The van der Waals surface area contributed by atoms with Crippen molar-refractivity contribution in [1.82, 2.24) is 0 Å². The van der Waals surface area contributed by atoms with Crippen molar-refractivity contribution in [2.24, 2.45) is 0 Å². The summed E-state index contributed by atoms with van der Waals surface area (Å²) in [6, 6.07) is 6.61. The monoisotopic (exact) mass is 292 g/mol. The Morgan fingerprint density at radius 1 is 0.950 bits per heavy atom. The van der Waals surface area contributed by atoms with Crippen LogP contribution in [0.4, 0.5) is 0 Å². The highest BCUT2D eigenvalue weighted by Gasteiger charge is 2.37. The van der Waals surface area contributed by atoms with Gasteiger partial charge in [-0.3, -0.25) is 0 Å². The van der Waals surface area contributed by atoms with Crippen LogP contribution < -0.4 is 0 Å². The minimum Gasteiger partial charge on any atom is -0.371 e.